The molecular formula is C53H33N3. The number of hydrogen-bond acceptors (Lipinski definition) is 3. The smallest absolute Gasteiger partial charge is 0.160 e. The molecule has 3 heteroatoms. The lowest BCUT2D eigenvalue weighted by Crippen LogP contribution is -1.95. The van der Waals surface area contributed by atoms with E-state index in [1.165, 1.54) is 43.8 Å². The zero-order chi connectivity index (χ0) is 37.4. The average molecular weight is 712 g/mol. The van der Waals surface area contributed by atoms with E-state index in [1.807, 2.05) is 36.4 Å². The van der Waals surface area contributed by atoms with Crippen LogP contribution in [0.3, 0.4) is 0 Å². The number of fused-ring (bicyclic) bond motifs is 3. The van der Waals surface area contributed by atoms with Crippen molar-refractivity contribution in [2.45, 2.75) is 0 Å². The summed E-state index contributed by atoms with van der Waals surface area (Å²) in [5, 5.41) is 15.1. The third kappa shape index (κ3) is 5.87. The van der Waals surface area contributed by atoms with E-state index < -0.39 is 0 Å². The highest BCUT2D eigenvalue weighted by Crippen LogP contribution is 2.41. The molecule has 260 valence electrons. The molecule has 0 atom stereocenters. The maximum Gasteiger partial charge on any atom is 0.160 e. The quantitative estimate of drug-likeness (QED) is 0.173. The van der Waals surface area contributed by atoms with Crippen LogP contribution in [0, 0.1) is 11.3 Å². The molecule has 1 aromatic heterocycles. The van der Waals surface area contributed by atoms with Gasteiger partial charge < -0.3 is 0 Å². The Hall–Kier alpha value is -7.67. The SMILES string of the molecule is N#Cc1ccc(-c2ccc(-c3ccc(-c4ccc(-c5nc(-c6ccc(-c7ccccc7)cc6)nc6ccccc56)cc4)c4ccccc34)c3ccccc23)cc1. The second-order valence-corrected chi connectivity index (χ2v) is 14.0. The van der Waals surface area contributed by atoms with Crippen molar-refractivity contribution >= 4 is 32.4 Å². The van der Waals surface area contributed by atoms with Crippen LogP contribution in [-0.4, -0.2) is 9.97 Å². The van der Waals surface area contributed by atoms with Crippen LogP contribution in [0.25, 0.3) is 99.6 Å². The lowest BCUT2D eigenvalue weighted by atomic mass is 9.88. The van der Waals surface area contributed by atoms with Gasteiger partial charge in [0.1, 0.15) is 0 Å². The van der Waals surface area contributed by atoms with Gasteiger partial charge in [0.15, 0.2) is 5.82 Å². The fourth-order valence-corrected chi connectivity index (χ4v) is 7.97. The lowest BCUT2D eigenvalue weighted by molar-refractivity contribution is 1.23. The summed E-state index contributed by atoms with van der Waals surface area (Å²) in [7, 11) is 0. The van der Waals surface area contributed by atoms with E-state index in [2.05, 4.69) is 170 Å². The van der Waals surface area contributed by atoms with Gasteiger partial charge in [0.2, 0.25) is 0 Å². The molecule has 0 aliphatic carbocycles. The van der Waals surface area contributed by atoms with Crippen molar-refractivity contribution in [3.63, 3.8) is 0 Å². The molecule has 10 rings (SSSR count). The zero-order valence-corrected chi connectivity index (χ0v) is 30.4. The van der Waals surface area contributed by atoms with Crippen molar-refractivity contribution < 1.29 is 0 Å². The van der Waals surface area contributed by atoms with Gasteiger partial charge >= 0.3 is 0 Å². The highest BCUT2D eigenvalue weighted by molar-refractivity contribution is 6.12. The summed E-state index contributed by atoms with van der Waals surface area (Å²) in [5.41, 5.74) is 13.8. The summed E-state index contributed by atoms with van der Waals surface area (Å²) in [5.74, 6) is 0.710. The summed E-state index contributed by atoms with van der Waals surface area (Å²) < 4.78 is 0. The van der Waals surface area contributed by atoms with Crippen LogP contribution < -0.4 is 0 Å². The van der Waals surface area contributed by atoms with Crippen LogP contribution in [0.5, 0.6) is 0 Å². The Kier molecular flexibility index (Phi) is 8.21. The normalized spacial score (nSPS) is 11.2. The van der Waals surface area contributed by atoms with Crippen molar-refractivity contribution in [3.8, 4) is 73.2 Å². The monoisotopic (exact) mass is 711 g/mol. The van der Waals surface area contributed by atoms with Gasteiger partial charge in [-0.3, -0.25) is 0 Å². The second kappa shape index (κ2) is 14.0. The highest BCUT2D eigenvalue weighted by atomic mass is 14.9. The molecule has 0 spiro atoms. The lowest BCUT2D eigenvalue weighted by Gasteiger charge is -2.16. The molecule has 0 unspecified atom stereocenters. The number of para-hydroxylation sites is 1. The van der Waals surface area contributed by atoms with E-state index in [0.29, 0.717) is 11.4 Å². The molecule has 1 heterocycles. The number of hydrogen-bond donors (Lipinski definition) is 0. The molecular weight excluding hydrogens is 679 g/mol. The molecule has 0 saturated carbocycles. The molecule has 0 radical (unpaired) electrons. The Morgan fingerprint density at radius 2 is 0.714 bits per heavy atom. The summed E-state index contributed by atoms with van der Waals surface area (Å²) in [4.78, 5) is 10.2. The van der Waals surface area contributed by atoms with Gasteiger partial charge in [-0.1, -0.05) is 182 Å². The number of nitrogens with zero attached hydrogens (tertiary/aromatic N) is 3. The Morgan fingerprint density at radius 3 is 1.29 bits per heavy atom. The highest BCUT2D eigenvalue weighted by Gasteiger charge is 2.16. The minimum absolute atomic E-state index is 0.661. The molecule has 0 aliphatic heterocycles. The third-order valence-electron chi connectivity index (χ3n) is 10.8. The van der Waals surface area contributed by atoms with Crippen molar-refractivity contribution in [2.24, 2.45) is 0 Å². The summed E-state index contributed by atoms with van der Waals surface area (Å²) >= 11 is 0. The third-order valence-corrected chi connectivity index (χ3v) is 10.8. The van der Waals surface area contributed by atoms with Gasteiger partial charge in [0.25, 0.3) is 0 Å². The van der Waals surface area contributed by atoms with Gasteiger partial charge in [-0.25, -0.2) is 9.97 Å². The molecule has 0 N–H and O–H groups in total. The van der Waals surface area contributed by atoms with Gasteiger partial charge in [0.05, 0.1) is 22.8 Å². The van der Waals surface area contributed by atoms with Crippen LogP contribution in [0.2, 0.25) is 0 Å². The van der Waals surface area contributed by atoms with Crippen LogP contribution in [-0.2, 0) is 0 Å². The largest absolute Gasteiger partial charge is 0.228 e. The van der Waals surface area contributed by atoms with Gasteiger partial charge in [-0.15, -0.1) is 0 Å². The molecule has 3 nitrogen and oxygen atoms in total. The first-order valence-electron chi connectivity index (χ1n) is 18.8. The van der Waals surface area contributed by atoms with E-state index in [4.69, 9.17) is 9.97 Å². The molecule has 0 aliphatic rings. The molecule has 56 heavy (non-hydrogen) atoms. The van der Waals surface area contributed by atoms with Gasteiger partial charge in [-0.05, 0) is 84.3 Å². The standard InChI is InChI=1S/C53H33N3/c54-34-35-18-20-38(21-19-35)42-30-32-48(46-14-6-4-12-44(42)46)49-33-31-43(45-13-5-7-15-47(45)49)39-24-26-40(27-25-39)52-50-16-8-9-17-51(50)55-53(56-52)41-28-22-37(23-29-41)36-10-2-1-3-11-36/h1-33H. The molecule has 0 saturated heterocycles. The minimum atomic E-state index is 0.661. The van der Waals surface area contributed by atoms with Crippen molar-refractivity contribution in [2.75, 3.05) is 0 Å². The molecule has 0 fully saturated rings. The number of nitriles is 1. The van der Waals surface area contributed by atoms with Crippen LogP contribution in [0.15, 0.2) is 200 Å². The van der Waals surface area contributed by atoms with E-state index in [-0.39, 0.29) is 0 Å². The fraction of sp³-hybridized carbons (Fsp3) is 0. The van der Waals surface area contributed by atoms with Gasteiger partial charge in [0, 0.05) is 16.5 Å². The van der Waals surface area contributed by atoms with Crippen LogP contribution >= 0.6 is 0 Å². The minimum Gasteiger partial charge on any atom is -0.228 e. The average Bonchev–Trinajstić information content (AvgIpc) is 3.28. The van der Waals surface area contributed by atoms with Crippen molar-refractivity contribution in [1.29, 1.82) is 5.26 Å². The Balaban J connectivity index is 1.03. The summed E-state index contributed by atoms with van der Waals surface area (Å²) in [6.45, 7) is 0. The summed E-state index contributed by atoms with van der Waals surface area (Å²) in [6.07, 6.45) is 0. The Morgan fingerprint density at radius 1 is 0.304 bits per heavy atom. The maximum absolute atomic E-state index is 9.33. The molecule has 9 aromatic carbocycles. The summed E-state index contributed by atoms with van der Waals surface area (Å²) in [6, 6.07) is 72.3. The zero-order valence-electron chi connectivity index (χ0n) is 30.4. The van der Waals surface area contributed by atoms with Crippen LogP contribution in [0.4, 0.5) is 0 Å². The predicted molar refractivity (Wildman–Crippen MR) is 232 cm³/mol. The van der Waals surface area contributed by atoms with E-state index in [1.54, 1.807) is 0 Å². The fourth-order valence-electron chi connectivity index (χ4n) is 7.97. The topological polar surface area (TPSA) is 49.6 Å². The number of aromatic nitrogens is 2. The molecule has 0 amide bonds. The number of benzene rings is 9. The van der Waals surface area contributed by atoms with E-state index >= 15 is 0 Å². The van der Waals surface area contributed by atoms with Crippen LogP contribution in [0.1, 0.15) is 5.56 Å². The Bertz CT molecular complexity index is 3100. The number of rotatable bonds is 6. The second-order valence-electron chi connectivity index (χ2n) is 14.0. The molecule has 0 bridgehead atoms. The van der Waals surface area contributed by atoms with Crippen molar-refractivity contribution in [3.05, 3.63) is 206 Å². The first-order chi connectivity index (χ1) is 27.7. The van der Waals surface area contributed by atoms with Gasteiger partial charge in [-0.2, -0.15) is 5.26 Å². The first kappa shape index (κ1) is 32.9. The first-order valence-corrected chi connectivity index (χ1v) is 18.8. The van der Waals surface area contributed by atoms with Crippen molar-refractivity contribution in [1.82, 2.24) is 9.97 Å². The van der Waals surface area contributed by atoms with E-state index in [0.717, 1.165) is 50.0 Å². The Labute approximate surface area is 325 Å². The predicted octanol–water partition coefficient (Wildman–Crippen LogP) is 13.8. The van der Waals surface area contributed by atoms with E-state index in [9.17, 15) is 5.26 Å². The maximum atomic E-state index is 9.33. The molecule has 10 aromatic rings.